The summed E-state index contributed by atoms with van der Waals surface area (Å²) in [6.07, 6.45) is 17.2. The monoisotopic (exact) mass is 680 g/mol. The summed E-state index contributed by atoms with van der Waals surface area (Å²) < 4.78 is 0. The van der Waals surface area contributed by atoms with E-state index in [4.69, 9.17) is 0 Å². The summed E-state index contributed by atoms with van der Waals surface area (Å²) in [6.45, 7) is 4.87. The van der Waals surface area contributed by atoms with E-state index >= 15 is 0 Å². The Morgan fingerprint density at radius 3 is 1.89 bits per heavy atom. The van der Waals surface area contributed by atoms with Gasteiger partial charge in [0, 0.05) is 5.41 Å². The van der Waals surface area contributed by atoms with Crippen molar-refractivity contribution in [1.29, 1.82) is 0 Å². The molecule has 10 rings (SSSR count). The van der Waals surface area contributed by atoms with Crippen molar-refractivity contribution in [2.75, 3.05) is 0 Å². The molecule has 0 radical (unpaired) electrons. The Bertz CT molecular complexity index is 2530. The van der Waals surface area contributed by atoms with Gasteiger partial charge < -0.3 is 0 Å². The van der Waals surface area contributed by atoms with E-state index in [0.717, 1.165) is 32.1 Å². The minimum atomic E-state index is -0.306. The molecule has 6 aromatic rings. The number of allylic oxidation sites excluding steroid dienone is 8. The molecule has 4 aliphatic carbocycles. The largest absolute Gasteiger partial charge is 0.0842 e. The van der Waals surface area contributed by atoms with Crippen LogP contribution in [0.25, 0.3) is 44.5 Å². The van der Waals surface area contributed by atoms with Gasteiger partial charge in [0.2, 0.25) is 0 Å². The van der Waals surface area contributed by atoms with Gasteiger partial charge in [0.05, 0.1) is 5.41 Å². The van der Waals surface area contributed by atoms with Gasteiger partial charge in [0.15, 0.2) is 0 Å². The van der Waals surface area contributed by atoms with Crippen LogP contribution in [0.1, 0.15) is 67.3 Å². The second-order valence-corrected chi connectivity index (χ2v) is 15.8. The molecule has 256 valence electrons. The first-order valence-electron chi connectivity index (χ1n) is 19.4. The molecule has 0 heterocycles. The highest BCUT2D eigenvalue weighted by atomic mass is 14.6. The molecule has 6 aromatic carbocycles. The first-order chi connectivity index (χ1) is 26.0. The number of hydrogen-bond donors (Lipinski definition) is 0. The van der Waals surface area contributed by atoms with Gasteiger partial charge in [0.25, 0.3) is 0 Å². The van der Waals surface area contributed by atoms with Crippen molar-refractivity contribution < 1.29 is 0 Å². The normalized spacial score (nSPS) is 19.0. The first kappa shape index (κ1) is 32.0. The highest BCUT2D eigenvalue weighted by Crippen LogP contribution is 2.64. The Balaban J connectivity index is 1.15. The molecule has 0 nitrogen and oxygen atoms in total. The van der Waals surface area contributed by atoms with Gasteiger partial charge in [-0.1, -0.05) is 177 Å². The van der Waals surface area contributed by atoms with Gasteiger partial charge >= 0.3 is 0 Å². The molecule has 1 spiro atoms. The van der Waals surface area contributed by atoms with Crippen LogP contribution in [0, 0.1) is 0 Å². The molecule has 53 heavy (non-hydrogen) atoms. The van der Waals surface area contributed by atoms with Crippen LogP contribution in [-0.4, -0.2) is 0 Å². The summed E-state index contributed by atoms with van der Waals surface area (Å²) in [4.78, 5) is 0. The van der Waals surface area contributed by atoms with Gasteiger partial charge in [-0.15, -0.1) is 0 Å². The van der Waals surface area contributed by atoms with Gasteiger partial charge in [-0.05, 0) is 128 Å². The summed E-state index contributed by atoms with van der Waals surface area (Å²) in [5.74, 6) is 0. The lowest BCUT2D eigenvalue weighted by molar-refractivity contribution is 0.536. The quantitative estimate of drug-likeness (QED) is 0.170. The van der Waals surface area contributed by atoms with Crippen LogP contribution >= 0.6 is 0 Å². The molecule has 0 N–H and O–H groups in total. The van der Waals surface area contributed by atoms with Crippen LogP contribution in [0.3, 0.4) is 0 Å². The Morgan fingerprint density at radius 1 is 0.509 bits per heavy atom. The van der Waals surface area contributed by atoms with Crippen molar-refractivity contribution in [3.63, 3.8) is 0 Å². The molecule has 4 aliphatic rings. The van der Waals surface area contributed by atoms with Gasteiger partial charge in [-0.2, -0.15) is 0 Å². The van der Waals surface area contributed by atoms with E-state index in [1.165, 1.54) is 83.5 Å². The average Bonchev–Trinajstić information content (AvgIpc) is 3.52. The summed E-state index contributed by atoms with van der Waals surface area (Å²) in [7, 11) is 0. The third-order valence-electron chi connectivity index (χ3n) is 12.6. The van der Waals surface area contributed by atoms with Crippen LogP contribution in [0.4, 0.5) is 0 Å². The molecular weight excluding hydrogens is 637 g/mol. The van der Waals surface area contributed by atoms with Crippen molar-refractivity contribution in [2.24, 2.45) is 0 Å². The van der Waals surface area contributed by atoms with E-state index in [0.29, 0.717) is 0 Å². The summed E-state index contributed by atoms with van der Waals surface area (Å²) in [5, 5.41) is 0. The van der Waals surface area contributed by atoms with Crippen LogP contribution < -0.4 is 0 Å². The predicted molar refractivity (Wildman–Crippen MR) is 223 cm³/mol. The van der Waals surface area contributed by atoms with Crippen molar-refractivity contribution >= 4 is 0 Å². The standard InChI is InChI=1S/C53H44/c1-52(2)46-22-9-11-24-48(46)53(49-25-12-10-23-47(49)52)45-32-31-42(35-44(45)51-43(21-14-26-50(51)53)33-36-15-5-3-6-16-36)39-29-27-38(28-30-39)41-20-13-19-40(34-41)37-17-7-4-8-18-37/h3-5,7-11,13-15,17-24,26-32,34-35H,6,12,16,25,33H2,1-2H3. The fourth-order valence-corrected chi connectivity index (χ4v) is 10.1. The van der Waals surface area contributed by atoms with Crippen LogP contribution in [0.15, 0.2) is 187 Å². The van der Waals surface area contributed by atoms with Gasteiger partial charge in [-0.3, -0.25) is 0 Å². The van der Waals surface area contributed by atoms with Crippen molar-refractivity contribution in [1.82, 2.24) is 0 Å². The van der Waals surface area contributed by atoms with E-state index in [-0.39, 0.29) is 10.8 Å². The smallest absolute Gasteiger partial charge is 0.0682 e. The van der Waals surface area contributed by atoms with E-state index in [1.54, 1.807) is 5.57 Å². The predicted octanol–water partition coefficient (Wildman–Crippen LogP) is 13.8. The molecule has 0 saturated heterocycles. The number of fused-ring (bicyclic) bond motifs is 8. The lowest BCUT2D eigenvalue weighted by atomic mass is 9.54. The fourth-order valence-electron chi connectivity index (χ4n) is 10.1. The molecule has 0 amide bonds. The lowest BCUT2D eigenvalue weighted by Gasteiger charge is -2.48. The van der Waals surface area contributed by atoms with Gasteiger partial charge in [0.1, 0.15) is 0 Å². The molecule has 1 atom stereocenters. The second kappa shape index (κ2) is 12.5. The Hall–Kier alpha value is -5.72. The highest BCUT2D eigenvalue weighted by Gasteiger charge is 2.54. The molecule has 1 unspecified atom stereocenters. The fraction of sp³-hybridized carbons (Fsp3) is 0.170. The lowest BCUT2D eigenvalue weighted by Crippen LogP contribution is -2.41. The Kier molecular flexibility index (Phi) is 7.51. The van der Waals surface area contributed by atoms with Crippen LogP contribution in [-0.2, 0) is 17.3 Å². The summed E-state index contributed by atoms with van der Waals surface area (Å²) in [6, 6.07) is 52.7. The molecular formula is C53H44. The molecule has 0 aliphatic heterocycles. The molecule has 0 bridgehead atoms. The van der Waals surface area contributed by atoms with Crippen molar-refractivity contribution in [3.05, 3.63) is 214 Å². The molecule has 0 aromatic heterocycles. The SMILES string of the molecule is CC1(C)C2=C(CCC=C2)C2(c3ccc(-c4ccc(-c5cccc(-c6ccccc6)c5)cc4)cc3-c3c(CC4=CC=CCC4)cccc32)c2ccccc21. The second-order valence-electron chi connectivity index (χ2n) is 15.8. The Labute approximate surface area is 314 Å². The first-order valence-corrected chi connectivity index (χ1v) is 19.4. The third-order valence-corrected chi connectivity index (χ3v) is 12.6. The van der Waals surface area contributed by atoms with Gasteiger partial charge in [-0.25, -0.2) is 0 Å². The van der Waals surface area contributed by atoms with E-state index in [1.807, 2.05) is 0 Å². The average molecular weight is 681 g/mol. The molecule has 0 heteroatoms. The number of benzene rings is 6. The summed E-state index contributed by atoms with van der Waals surface area (Å²) >= 11 is 0. The zero-order valence-corrected chi connectivity index (χ0v) is 30.7. The number of rotatable bonds is 5. The van der Waals surface area contributed by atoms with E-state index in [2.05, 4.69) is 184 Å². The maximum atomic E-state index is 2.52. The zero-order chi connectivity index (χ0) is 35.6. The topological polar surface area (TPSA) is 0 Å². The summed E-state index contributed by atoms with van der Waals surface area (Å²) in [5.41, 5.74) is 21.9. The maximum absolute atomic E-state index is 2.52. The highest BCUT2D eigenvalue weighted by molar-refractivity contribution is 5.92. The third kappa shape index (κ3) is 4.96. The van der Waals surface area contributed by atoms with E-state index < -0.39 is 0 Å². The van der Waals surface area contributed by atoms with Crippen molar-refractivity contribution in [2.45, 2.75) is 56.8 Å². The van der Waals surface area contributed by atoms with E-state index in [9.17, 15) is 0 Å². The molecule has 0 fully saturated rings. The van der Waals surface area contributed by atoms with Crippen molar-refractivity contribution in [3.8, 4) is 44.5 Å². The zero-order valence-electron chi connectivity index (χ0n) is 30.7. The van der Waals surface area contributed by atoms with Crippen LogP contribution in [0.2, 0.25) is 0 Å². The minimum absolute atomic E-state index is 0.0594. The van der Waals surface area contributed by atoms with Crippen LogP contribution in [0.5, 0.6) is 0 Å². The Morgan fingerprint density at radius 2 is 1.13 bits per heavy atom. The molecule has 0 saturated carbocycles. The minimum Gasteiger partial charge on any atom is -0.0842 e. The number of hydrogen-bond acceptors (Lipinski definition) is 0. The maximum Gasteiger partial charge on any atom is 0.0682 e.